The van der Waals surface area contributed by atoms with Crippen LogP contribution in [0.4, 0.5) is 0 Å². The van der Waals surface area contributed by atoms with Gasteiger partial charge in [-0.1, -0.05) is 31.2 Å². The third kappa shape index (κ3) is 2.59. The number of rotatable bonds is 4. The number of fused-ring (bicyclic) bond motifs is 1. The predicted octanol–water partition coefficient (Wildman–Crippen LogP) is 3.75. The summed E-state index contributed by atoms with van der Waals surface area (Å²) in [6.07, 6.45) is 2.21. The summed E-state index contributed by atoms with van der Waals surface area (Å²) >= 11 is 0. The number of carboxylic acids is 1. The number of nitrogens with zero attached hydrogens (tertiary/aromatic N) is 3. The summed E-state index contributed by atoms with van der Waals surface area (Å²) in [5.74, 6) is -0.213. The molecule has 118 valence electrons. The van der Waals surface area contributed by atoms with E-state index < -0.39 is 12.0 Å². The minimum Gasteiger partial charge on any atom is -0.480 e. The van der Waals surface area contributed by atoms with Gasteiger partial charge in [0.25, 0.3) is 0 Å². The van der Waals surface area contributed by atoms with Crippen LogP contribution in [0, 0.1) is 13.8 Å². The zero-order chi connectivity index (χ0) is 16.6. The Hall–Kier alpha value is -2.69. The van der Waals surface area contributed by atoms with Crippen LogP contribution in [0.25, 0.3) is 22.6 Å². The third-order valence-electron chi connectivity index (χ3n) is 4.04. The van der Waals surface area contributed by atoms with E-state index in [0.717, 1.165) is 22.2 Å². The van der Waals surface area contributed by atoms with Crippen LogP contribution in [0.15, 0.2) is 36.5 Å². The number of aryl methyl sites for hydroxylation is 2. The van der Waals surface area contributed by atoms with E-state index in [1.165, 1.54) is 0 Å². The van der Waals surface area contributed by atoms with Gasteiger partial charge >= 0.3 is 5.97 Å². The monoisotopic (exact) mass is 309 g/mol. The number of aromatic nitrogens is 3. The molecule has 5 heteroatoms. The number of benzene rings is 1. The van der Waals surface area contributed by atoms with Crippen molar-refractivity contribution in [1.29, 1.82) is 0 Å². The zero-order valence-corrected chi connectivity index (χ0v) is 13.4. The lowest BCUT2D eigenvalue weighted by Gasteiger charge is -2.16. The van der Waals surface area contributed by atoms with Gasteiger partial charge in [-0.15, -0.1) is 0 Å². The molecule has 0 aliphatic carbocycles. The van der Waals surface area contributed by atoms with E-state index in [2.05, 4.69) is 4.98 Å². The average molecular weight is 309 g/mol. The van der Waals surface area contributed by atoms with Crippen molar-refractivity contribution in [1.82, 2.24) is 14.5 Å². The van der Waals surface area contributed by atoms with Crippen molar-refractivity contribution in [3.63, 3.8) is 0 Å². The van der Waals surface area contributed by atoms with E-state index in [0.29, 0.717) is 17.9 Å². The Morgan fingerprint density at radius 1 is 1.30 bits per heavy atom. The molecule has 0 amide bonds. The summed E-state index contributed by atoms with van der Waals surface area (Å²) in [5, 5.41) is 9.62. The maximum absolute atomic E-state index is 11.7. The Morgan fingerprint density at radius 2 is 2.04 bits per heavy atom. The molecule has 0 spiro atoms. The maximum atomic E-state index is 11.7. The molecule has 0 saturated carbocycles. The Bertz CT molecular complexity index is 883. The normalized spacial score (nSPS) is 12.5. The number of aliphatic carboxylic acids is 1. The number of hydrogen-bond acceptors (Lipinski definition) is 3. The van der Waals surface area contributed by atoms with Crippen LogP contribution in [0.5, 0.6) is 0 Å². The first kappa shape index (κ1) is 15.2. The molecular formula is C18H19N3O2. The highest BCUT2D eigenvalue weighted by Gasteiger charge is 2.25. The van der Waals surface area contributed by atoms with Gasteiger partial charge in [0.05, 0.1) is 0 Å². The van der Waals surface area contributed by atoms with Gasteiger partial charge in [-0.3, -0.25) is 4.57 Å². The second kappa shape index (κ2) is 5.83. The van der Waals surface area contributed by atoms with Crippen molar-refractivity contribution in [2.75, 3.05) is 0 Å². The Morgan fingerprint density at radius 3 is 2.70 bits per heavy atom. The summed E-state index contributed by atoms with van der Waals surface area (Å²) in [6.45, 7) is 5.81. The number of imidazole rings is 1. The predicted molar refractivity (Wildman–Crippen MR) is 89.4 cm³/mol. The molecule has 0 radical (unpaired) electrons. The molecule has 0 aliphatic rings. The molecule has 23 heavy (non-hydrogen) atoms. The third-order valence-corrected chi connectivity index (χ3v) is 4.04. The van der Waals surface area contributed by atoms with E-state index in [9.17, 15) is 9.90 Å². The fourth-order valence-electron chi connectivity index (χ4n) is 2.86. The highest BCUT2D eigenvalue weighted by atomic mass is 16.4. The molecule has 1 unspecified atom stereocenters. The molecule has 0 aliphatic heterocycles. The highest BCUT2D eigenvalue weighted by molar-refractivity contribution is 5.82. The minimum absolute atomic E-state index is 0.467. The second-order valence-corrected chi connectivity index (χ2v) is 5.74. The Balaban J connectivity index is 2.36. The van der Waals surface area contributed by atoms with Crippen molar-refractivity contribution in [3.05, 3.63) is 47.7 Å². The first-order chi connectivity index (χ1) is 11.0. The molecule has 3 rings (SSSR count). The van der Waals surface area contributed by atoms with Gasteiger partial charge in [0.15, 0.2) is 5.65 Å². The first-order valence-electron chi connectivity index (χ1n) is 7.66. The van der Waals surface area contributed by atoms with Crippen molar-refractivity contribution in [2.24, 2.45) is 0 Å². The maximum Gasteiger partial charge on any atom is 0.326 e. The molecule has 2 heterocycles. The quantitative estimate of drug-likeness (QED) is 0.797. The number of carboxylic acid groups (broad SMARTS) is 1. The smallest absolute Gasteiger partial charge is 0.326 e. The topological polar surface area (TPSA) is 68.0 Å². The molecule has 2 aromatic heterocycles. The molecule has 1 N–H and O–H groups in total. The molecular weight excluding hydrogens is 290 g/mol. The van der Waals surface area contributed by atoms with Gasteiger partial charge in [0.1, 0.15) is 17.4 Å². The van der Waals surface area contributed by atoms with Crippen LogP contribution >= 0.6 is 0 Å². The average Bonchev–Trinajstić information content (AvgIpc) is 2.86. The Labute approximate surface area is 134 Å². The molecule has 0 fully saturated rings. The van der Waals surface area contributed by atoms with Crippen LogP contribution in [0.3, 0.4) is 0 Å². The minimum atomic E-state index is -0.871. The highest BCUT2D eigenvalue weighted by Crippen LogP contribution is 2.31. The van der Waals surface area contributed by atoms with E-state index in [1.807, 2.05) is 51.1 Å². The number of hydrogen-bond donors (Lipinski definition) is 1. The lowest BCUT2D eigenvalue weighted by molar-refractivity contribution is -0.140. The molecule has 1 aromatic carbocycles. The zero-order valence-electron chi connectivity index (χ0n) is 13.4. The van der Waals surface area contributed by atoms with Gasteiger partial charge in [-0.25, -0.2) is 14.8 Å². The first-order valence-corrected chi connectivity index (χ1v) is 7.66. The molecule has 5 nitrogen and oxygen atoms in total. The largest absolute Gasteiger partial charge is 0.480 e. The summed E-state index contributed by atoms with van der Waals surface area (Å²) < 4.78 is 1.75. The summed E-state index contributed by atoms with van der Waals surface area (Å²) in [4.78, 5) is 20.9. The molecule has 3 aromatic rings. The molecule has 0 bridgehead atoms. The van der Waals surface area contributed by atoms with Gasteiger partial charge in [-0.2, -0.15) is 0 Å². The fourth-order valence-corrected chi connectivity index (χ4v) is 2.86. The SMILES string of the molecule is CCC(C(=O)O)n1c(-c2ccccc2C)nc2cc(C)cnc21. The lowest BCUT2D eigenvalue weighted by Crippen LogP contribution is -2.19. The summed E-state index contributed by atoms with van der Waals surface area (Å²) in [7, 11) is 0. The van der Waals surface area contributed by atoms with Gasteiger partial charge in [-0.05, 0) is 37.5 Å². The fraction of sp³-hybridized carbons (Fsp3) is 0.278. The van der Waals surface area contributed by atoms with Crippen molar-refractivity contribution in [3.8, 4) is 11.4 Å². The van der Waals surface area contributed by atoms with Crippen LogP contribution in [-0.4, -0.2) is 25.6 Å². The van der Waals surface area contributed by atoms with E-state index in [1.54, 1.807) is 10.8 Å². The van der Waals surface area contributed by atoms with Gasteiger partial charge in [0.2, 0.25) is 0 Å². The Kier molecular flexibility index (Phi) is 3.86. The summed E-state index contributed by atoms with van der Waals surface area (Å²) in [5.41, 5.74) is 4.33. The number of carbonyl (C=O) groups is 1. The molecule has 1 atom stereocenters. The van der Waals surface area contributed by atoms with Crippen LogP contribution < -0.4 is 0 Å². The summed E-state index contributed by atoms with van der Waals surface area (Å²) in [6, 6.07) is 9.11. The van der Waals surface area contributed by atoms with Gasteiger partial charge in [0, 0.05) is 11.8 Å². The van der Waals surface area contributed by atoms with Crippen LogP contribution in [-0.2, 0) is 4.79 Å². The van der Waals surface area contributed by atoms with Crippen LogP contribution in [0.1, 0.15) is 30.5 Å². The van der Waals surface area contributed by atoms with E-state index >= 15 is 0 Å². The van der Waals surface area contributed by atoms with E-state index in [-0.39, 0.29) is 0 Å². The van der Waals surface area contributed by atoms with Gasteiger partial charge < -0.3 is 5.11 Å². The standard InChI is InChI=1S/C18H19N3O2/c1-4-15(18(22)23)21-16(13-8-6-5-7-12(13)3)20-14-9-11(2)10-19-17(14)21/h5-10,15H,4H2,1-3H3,(H,22,23). The van der Waals surface area contributed by atoms with E-state index in [4.69, 9.17) is 4.98 Å². The van der Waals surface area contributed by atoms with Crippen molar-refractivity contribution < 1.29 is 9.90 Å². The van der Waals surface area contributed by atoms with Crippen molar-refractivity contribution in [2.45, 2.75) is 33.2 Å². The van der Waals surface area contributed by atoms with Crippen molar-refractivity contribution >= 4 is 17.1 Å². The van der Waals surface area contributed by atoms with Crippen LogP contribution in [0.2, 0.25) is 0 Å². The number of pyridine rings is 1. The second-order valence-electron chi connectivity index (χ2n) is 5.74. The molecule has 0 saturated heterocycles. The lowest BCUT2D eigenvalue weighted by atomic mass is 10.1.